The van der Waals surface area contributed by atoms with Gasteiger partial charge in [0.1, 0.15) is 23.4 Å². The zero-order valence-electron chi connectivity index (χ0n) is 24.8. The molecule has 0 saturated carbocycles. The van der Waals surface area contributed by atoms with Gasteiger partial charge in [0.15, 0.2) is 5.65 Å². The predicted octanol–water partition coefficient (Wildman–Crippen LogP) is 4.32. The molecule has 1 atom stereocenters. The maximum absolute atomic E-state index is 12.0. The predicted molar refractivity (Wildman–Crippen MR) is 165 cm³/mol. The van der Waals surface area contributed by atoms with Crippen molar-refractivity contribution in [3.63, 3.8) is 0 Å². The number of anilines is 2. The number of nitriles is 1. The van der Waals surface area contributed by atoms with Gasteiger partial charge in [-0.3, -0.25) is 9.36 Å². The monoisotopic (exact) mass is 584 g/mol. The van der Waals surface area contributed by atoms with Gasteiger partial charge in [0.25, 0.3) is 5.56 Å². The molecular weight excluding hydrogens is 544 g/mol. The summed E-state index contributed by atoms with van der Waals surface area (Å²) in [6, 6.07) is 13.1. The van der Waals surface area contributed by atoms with E-state index in [2.05, 4.69) is 39.4 Å². The van der Waals surface area contributed by atoms with E-state index in [1.54, 1.807) is 12.1 Å². The molecule has 0 aliphatic carbocycles. The Balaban J connectivity index is 1.16. The largest absolute Gasteiger partial charge is 0.478 e. The average Bonchev–Trinajstić information content (AvgIpc) is 3.46. The molecule has 1 saturated heterocycles. The van der Waals surface area contributed by atoms with Crippen molar-refractivity contribution in [3.05, 3.63) is 76.0 Å². The Morgan fingerprint density at radius 2 is 2.07 bits per heavy atom. The van der Waals surface area contributed by atoms with E-state index in [1.807, 2.05) is 29.0 Å². The second kappa shape index (κ2) is 14.6. The molecule has 4 aromatic heterocycles. The number of aromatic nitrogens is 5. The van der Waals surface area contributed by atoms with Crippen molar-refractivity contribution >= 4 is 17.3 Å². The lowest BCUT2D eigenvalue weighted by atomic mass is 9.99. The standard InChI is InChI=1S/C32H40N8O3/c1-2-25-23-36-40-28(19-29(37-32(25)40)38-15-6-4-9-26(38)14-17-41)34-21-24-12-13-30(35-22-24)43-18-7-3-5-16-39-27(20-33)10-8-11-31(39)42/h8,10-13,19,22-23,26,34,41H,2-7,9,14-18,21H2,1H3/t26-/m0/s1. The van der Waals surface area contributed by atoms with E-state index in [1.165, 1.54) is 17.1 Å². The van der Waals surface area contributed by atoms with E-state index in [0.717, 1.165) is 79.9 Å². The third-order valence-electron chi connectivity index (χ3n) is 8.01. The van der Waals surface area contributed by atoms with Gasteiger partial charge in [-0.2, -0.15) is 14.9 Å². The van der Waals surface area contributed by atoms with Crippen LogP contribution in [0, 0.1) is 11.3 Å². The molecule has 4 aromatic rings. The minimum Gasteiger partial charge on any atom is -0.478 e. The number of rotatable bonds is 14. The molecule has 5 heterocycles. The van der Waals surface area contributed by atoms with Crippen molar-refractivity contribution in [3.8, 4) is 11.9 Å². The Bertz CT molecular complexity index is 1590. The van der Waals surface area contributed by atoms with Gasteiger partial charge in [0.2, 0.25) is 5.88 Å². The Morgan fingerprint density at radius 3 is 2.86 bits per heavy atom. The molecule has 0 radical (unpaired) electrons. The smallest absolute Gasteiger partial charge is 0.251 e. The average molecular weight is 585 g/mol. The van der Waals surface area contributed by atoms with Gasteiger partial charge in [0, 0.05) is 62.2 Å². The molecule has 2 N–H and O–H groups in total. The number of fused-ring (bicyclic) bond motifs is 1. The van der Waals surface area contributed by atoms with Crippen LogP contribution in [0.2, 0.25) is 0 Å². The second-order valence-electron chi connectivity index (χ2n) is 10.9. The fraction of sp³-hybridized carbons (Fsp3) is 0.469. The molecule has 0 unspecified atom stereocenters. The maximum atomic E-state index is 12.0. The normalized spacial score (nSPS) is 15.0. The minimum atomic E-state index is -0.146. The Morgan fingerprint density at radius 1 is 1.16 bits per heavy atom. The summed E-state index contributed by atoms with van der Waals surface area (Å²) < 4.78 is 9.22. The molecule has 1 fully saturated rings. The minimum absolute atomic E-state index is 0.146. The quantitative estimate of drug-likeness (QED) is 0.208. The van der Waals surface area contributed by atoms with Gasteiger partial charge in [-0.25, -0.2) is 9.97 Å². The lowest BCUT2D eigenvalue weighted by Crippen LogP contribution is -2.40. The summed E-state index contributed by atoms with van der Waals surface area (Å²) in [5.74, 6) is 2.36. The van der Waals surface area contributed by atoms with Crippen LogP contribution in [0.3, 0.4) is 0 Å². The zero-order valence-corrected chi connectivity index (χ0v) is 24.8. The third-order valence-corrected chi connectivity index (χ3v) is 8.01. The van der Waals surface area contributed by atoms with E-state index in [0.29, 0.717) is 31.3 Å². The highest BCUT2D eigenvalue weighted by molar-refractivity contribution is 5.61. The molecule has 226 valence electrons. The number of aryl methyl sites for hydroxylation is 1. The van der Waals surface area contributed by atoms with Crippen LogP contribution in [0.25, 0.3) is 5.65 Å². The van der Waals surface area contributed by atoms with Crippen LogP contribution in [0.4, 0.5) is 11.6 Å². The van der Waals surface area contributed by atoms with Crippen molar-refractivity contribution in [2.75, 3.05) is 30.0 Å². The molecule has 1 aliphatic heterocycles. The van der Waals surface area contributed by atoms with Crippen LogP contribution in [-0.2, 0) is 19.5 Å². The summed E-state index contributed by atoms with van der Waals surface area (Å²) in [5.41, 5.74) is 3.22. The lowest BCUT2D eigenvalue weighted by Gasteiger charge is -2.36. The van der Waals surface area contributed by atoms with E-state index in [4.69, 9.17) is 9.72 Å². The van der Waals surface area contributed by atoms with Crippen LogP contribution in [0.15, 0.2) is 53.6 Å². The molecule has 43 heavy (non-hydrogen) atoms. The van der Waals surface area contributed by atoms with Gasteiger partial charge >= 0.3 is 0 Å². The number of pyridine rings is 2. The first-order valence-corrected chi connectivity index (χ1v) is 15.3. The van der Waals surface area contributed by atoms with Gasteiger partial charge in [-0.1, -0.05) is 19.1 Å². The first-order valence-electron chi connectivity index (χ1n) is 15.3. The number of ether oxygens (including phenoxy) is 1. The molecule has 0 spiro atoms. The highest BCUT2D eigenvalue weighted by Crippen LogP contribution is 2.29. The molecular formula is C32H40N8O3. The third kappa shape index (κ3) is 7.32. The van der Waals surface area contributed by atoms with Crippen LogP contribution in [0.1, 0.15) is 68.7 Å². The van der Waals surface area contributed by atoms with Crippen LogP contribution < -0.4 is 20.5 Å². The van der Waals surface area contributed by atoms with Crippen LogP contribution >= 0.6 is 0 Å². The SMILES string of the molecule is CCc1cnn2c(NCc3ccc(OCCCCCn4c(C#N)cccc4=O)nc3)cc(N3CCCC[C@H]3CCO)nc12. The van der Waals surface area contributed by atoms with Gasteiger partial charge in [-0.15, -0.1) is 0 Å². The van der Waals surface area contributed by atoms with E-state index in [9.17, 15) is 15.2 Å². The topological polar surface area (TPSA) is 134 Å². The Hall–Kier alpha value is -4.43. The second-order valence-corrected chi connectivity index (χ2v) is 10.9. The molecule has 0 amide bonds. The highest BCUT2D eigenvalue weighted by atomic mass is 16.5. The lowest BCUT2D eigenvalue weighted by molar-refractivity contribution is 0.262. The van der Waals surface area contributed by atoms with Crippen molar-refractivity contribution in [1.82, 2.24) is 24.1 Å². The maximum Gasteiger partial charge on any atom is 0.251 e. The number of hydrogen-bond donors (Lipinski definition) is 2. The van der Waals surface area contributed by atoms with Crippen molar-refractivity contribution in [1.29, 1.82) is 5.26 Å². The number of piperidine rings is 1. The Labute approximate surface area is 251 Å². The molecule has 0 bridgehead atoms. The molecule has 11 nitrogen and oxygen atoms in total. The van der Waals surface area contributed by atoms with Crippen molar-refractivity contribution in [2.45, 2.75) is 77.4 Å². The Kier molecular flexibility index (Phi) is 10.2. The number of nitrogens with zero attached hydrogens (tertiary/aromatic N) is 7. The van der Waals surface area contributed by atoms with Crippen molar-refractivity contribution < 1.29 is 9.84 Å². The van der Waals surface area contributed by atoms with Gasteiger partial charge < -0.3 is 20.1 Å². The number of hydrogen-bond acceptors (Lipinski definition) is 9. The number of unbranched alkanes of at least 4 members (excludes halogenated alkanes) is 2. The molecule has 5 rings (SSSR count). The summed E-state index contributed by atoms with van der Waals surface area (Å²) in [6.07, 6.45) is 11.1. The summed E-state index contributed by atoms with van der Waals surface area (Å²) in [4.78, 5) is 23.8. The van der Waals surface area contributed by atoms with E-state index < -0.39 is 0 Å². The van der Waals surface area contributed by atoms with Gasteiger partial charge in [0.05, 0.1) is 12.8 Å². The number of aliphatic hydroxyl groups excluding tert-OH is 1. The summed E-state index contributed by atoms with van der Waals surface area (Å²) in [7, 11) is 0. The fourth-order valence-corrected chi connectivity index (χ4v) is 5.64. The zero-order chi connectivity index (χ0) is 30.0. The first-order chi connectivity index (χ1) is 21.1. The summed E-state index contributed by atoms with van der Waals surface area (Å²) in [5, 5.41) is 27.0. The molecule has 11 heteroatoms. The molecule has 0 aromatic carbocycles. The van der Waals surface area contributed by atoms with Crippen LogP contribution in [-0.4, -0.2) is 55.1 Å². The van der Waals surface area contributed by atoms with Crippen molar-refractivity contribution in [2.24, 2.45) is 0 Å². The summed E-state index contributed by atoms with van der Waals surface area (Å²) >= 11 is 0. The fourth-order valence-electron chi connectivity index (χ4n) is 5.64. The number of nitrogens with one attached hydrogen (secondary N) is 1. The molecule has 1 aliphatic rings. The highest BCUT2D eigenvalue weighted by Gasteiger charge is 2.25. The van der Waals surface area contributed by atoms with Crippen LogP contribution in [0.5, 0.6) is 5.88 Å². The van der Waals surface area contributed by atoms with Gasteiger partial charge in [-0.05, 0) is 63.0 Å². The first kappa shape index (κ1) is 30.0. The summed E-state index contributed by atoms with van der Waals surface area (Å²) in [6.45, 7) is 4.84. The van der Waals surface area contributed by atoms with E-state index in [-0.39, 0.29) is 18.2 Å². The number of aliphatic hydroxyl groups is 1. The van der Waals surface area contributed by atoms with E-state index >= 15 is 0 Å².